The van der Waals surface area contributed by atoms with Crippen LogP contribution in [0.1, 0.15) is 19.6 Å². The number of nitrogens with one attached hydrogen (secondary N) is 2. The van der Waals surface area contributed by atoms with Crippen LogP contribution in [-0.2, 0) is 11.2 Å². The summed E-state index contributed by atoms with van der Waals surface area (Å²) in [5.74, 6) is 2.07. The van der Waals surface area contributed by atoms with Crippen molar-refractivity contribution in [1.29, 1.82) is 0 Å². The first-order valence-corrected chi connectivity index (χ1v) is 7.23. The Labute approximate surface area is 149 Å². The fraction of sp³-hybridized carbons (Fsp3) is 0.600. The van der Waals surface area contributed by atoms with Gasteiger partial charge in [-0.3, -0.25) is 4.79 Å². The third-order valence-electron chi connectivity index (χ3n) is 2.79. The Kier molecular flexibility index (Phi) is 10.7. The van der Waals surface area contributed by atoms with Gasteiger partial charge in [0.1, 0.15) is 12.3 Å². The van der Waals surface area contributed by atoms with Gasteiger partial charge in [0.15, 0.2) is 5.96 Å². The smallest absolute Gasteiger partial charge is 0.243 e. The summed E-state index contributed by atoms with van der Waals surface area (Å²) in [6.45, 7) is 5.90. The second-order valence-corrected chi connectivity index (χ2v) is 5.48. The summed E-state index contributed by atoms with van der Waals surface area (Å²) in [7, 11) is 3.45. The zero-order chi connectivity index (χ0) is 15.7. The molecule has 1 rings (SSSR count). The first kappa shape index (κ1) is 20.8. The van der Waals surface area contributed by atoms with E-state index < -0.39 is 0 Å². The molecule has 0 bridgehead atoms. The van der Waals surface area contributed by atoms with E-state index in [2.05, 4.69) is 29.5 Å². The van der Waals surface area contributed by atoms with Gasteiger partial charge in [-0.25, -0.2) is 4.99 Å². The van der Waals surface area contributed by atoms with Crippen molar-refractivity contribution >= 4 is 35.8 Å². The van der Waals surface area contributed by atoms with E-state index in [-0.39, 0.29) is 36.4 Å². The van der Waals surface area contributed by atoms with Crippen LogP contribution in [-0.4, -0.2) is 50.5 Å². The number of halogens is 1. The lowest BCUT2D eigenvalue weighted by atomic mass is 10.2. The Bertz CT molecular complexity index is 444. The molecule has 0 saturated carbocycles. The zero-order valence-electron chi connectivity index (χ0n) is 13.8. The van der Waals surface area contributed by atoms with Gasteiger partial charge in [0.05, 0.1) is 6.26 Å². The molecule has 0 unspecified atom stereocenters. The molecule has 0 aliphatic carbocycles. The maximum Gasteiger partial charge on any atom is 0.243 e. The summed E-state index contributed by atoms with van der Waals surface area (Å²) in [5, 5.41) is 6.45. The highest BCUT2D eigenvalue weighted by Gasteiger charge is 2.05. The second kappa shape index (κ2) is 11.3. The molecule has 126 valence electrons. The monoisotopic (exact) mass is 422 g/mol. The molecule has 0 fully saturated rings. The van der Waals surface area contributed by atoms with E-state index in [1.54, 1.807) is 20.4 Å². The van der Waals surface area contributed by atoms with Crippen molar-refractivity contribution in [2.24, 2.45) is 10.9 Å². The maximum absolute atomic E-state index is 11.6. The third-order valence-corrected chi connectivity index (χ3v) is 2.79. The van der Waals surface area contributed by atoms with Gasteiger partial charge in [-0.2, -0.15) is 0 Å². The highest BCUT2D eigenvalue weighted by Crippen LogP contribution is 1.99. The van der Waals surface area contributed by atoms with E-state index in [9.17, 15) is 4.79 Å². The number of likely N-dealkylation sites (N-methyl/N-ethyl adjacent to an activating group) is 1. The molecule has 1 aromatic rings. The number of nitrogens with zero attached hydrogens (tertiary/aromatic N) is 2. The number of hydrogen-bond donors (Lipinski definition) is 2. The van der Waals surface area contributed by atoms with Gasteiger partial charge >= 0.3 is 0 Å². The molecule has 2 N–H and O–H groups in total. The van der Waals surface area contributed by atoms with Crippen molar-refractivity contribution in [3.05, 3.63) is 24.2 Å². The first-order valence-electron chi connectivity index (χ1n) is 7.23. The molecule has 0 aromatic carbocycles. The Hall–Kier alpha value is -1.25. The van der Waals surface area contributed by atoms with E-state index in [1.165, 1.54) is 4.90 Å². The second-order valence-electron chi connectivity index (χ2n) is 5.48. The molecule has 6 nitrogen and oxygen atoms in total. The van der Waals surface area contributed by atoms with E-state index in [0.29, 0.717) is 18.4 Å². The average Bonchev–Trinajstić information content (AvgIpc) is 2.93. The normalized spacial score (nSPS) is 11.0. The van der Waals surface area contributed by atoms with Gasteiger partial charge < -0.3 is 20.0 Å². The van der Waals surface area contributed by atoms with Crippen LogP contribution in [0.15, 0.2) is 27.8 Å². The van der Waals surface area contributed by atoms with Crippen molar-refractivity contribution in [1.82, 2.24) is 15.5 Å². The molecular formula is C15H27IN4O2. The fourth-order valence-corrected chi connectivity index (χ4v) is 1.52. The van der Waals surface area contributed by atoms with Crippen molar-refractivity contribution in [3.8, 4) is 0 Å². The van der Waals surface area contributed by atoms with Crippen molar-refractivity contribution in [2.45, 2.75) is 20.3 Å². The molecule has 0 atom stereocenters. The molecule has 7 heteroatoms. The van der Waals surface area contributed by atoms with Crippen molar-refractivity contribution in [3.63, 3.8) is 0 Å². The average molecular weight is 422 g/mol. The van der Waals surface area contributed by atoms with E-state index in [4.69, 9.17) is 4.42 Å². The van der Waals surface area contributed by atoms with Gasteiger partial charge in [0.25, 0.3) is 0 Å². The third kappa shape index (κ3) is 8.91. The Morgan fingerprint density at radius 3 is 2.64 bits per heavy atom. The fourth-order valence-electron chi connectivity index (χ4n) is 1.52. The van der Waals surface area contributed by atoms with Crippen LogP contribution in [0.25, 0.3) is 0 Å². The summed E-state index contributed by atoms with van der Waals surface area (Å²) >= 11 is 0. The number of aliphatic imine (C=N–C) groups is 1. The number of carbonyl (C=O) groups excluding carboxylic acids is 1. The van der Waals surface area contributed by atoms with Crippen LogP contribution >= 0.6 is 24.0 Å². The molecule has 1 heterocycles. The minimum atomic E-state index is -0.0216. The van der Waals surface area contributed by atoms with Crippen LogP contribution in [0, 0.1) is 5.92 Å². The predicted octanol–water partition coefficient (Wildman–Crippen LogP) is 1.72. The molecule has 22 heavy (non-hydrogen) atoms. The van der Waals surface area contributed by atoms with Crippen LogP contribution in [0.4, 0.5) is 0 Å². The number of amides is 1. The molecule has 0 aliphatic rings. The minimum Gasteiger partial charge on any atom is -0.469 e. The van der Waals surface area contributed by atoms with Gasteiger partial charge in [-0.1, -0.05) is 13.8 Å². The van der Waals surface area contributed by atoms with Crippen molar-refractivity contribution in [2.75, 3.05) is 33.7 Å². The van der Waals surface area contributed by atoms with E-state index in [0.717, 1.165) is 18.7 Å². The summed E-state index contributed by atoms with van der Waals surface area (Å²) < 4.78 is 5.28. The number of furan rings is 1. The van der Waals surface area contributed by atoms with Crippen LogP contribution in [0.5, 0.6) is 0 Å². The van der Waals surface area contributed by atoms with Crippen LogP contribution in [0.2, 0.25) is 0 Å². The maximum atomic E-state index is 11.6. The van der Waals surface area contributed by atoms with Gasteiger partial charge in [-0.05, 0) is 18.1 Å². The number of carbonyl (C=O) groups is 1. The Balaban J connectivity index is 0.00000441. The summed E-state index contributed by atoms with van der Waals surface area (Å²) in [4.78, 5) is 17.4. The summed E-state index contributed by atoms with van der Waals surface area (Å²) in [6.07, 6.45) is 2.44. The highest BCUT2D eigenvalue weighted by molar-refractivity contribution is 14.0. The first-order chi connectivity index (χ1) is 9.99. The number of guanidine groups is 1. The lowest BCUT2D eigenvalue weighted by Gasteiger charge is -2.14. The summed E-state index contributed by atoms with van der Waals surface area (Å²) in [6, 6.07) is 3.81. The lowest BCUT2D eigenvalue weighted by Crippen LogP contribution is -2.41. The molecule has 0 saturated heterocycles. The molecule has 0 spiro atoms. The largest absolute Gasteiger partial charge is 0.469 e. The predicted molar refractivity (Wildman–Crippen MR) is 99.7 cm³/mol. The zero-order valence-corrected chi connectivity index (χ0v) is 16.1. The number of rotatable bonds is 7. The standard InChI is InChI=1S/C15H26N4O2.HI/c1-12(2)10-17-15(18-11-14(20)19(3)4)16-8-7-13-6-5-9-21-13;/h5-6,9,12H,7-8,10-11H2,1-4H3,(H2,16,17,18);1H. The topological polar surface area (TPSA) is 69.9 Å². The quantitative estimate of drug-likeness (QED) is 0.399. The SMILES string of the molecule is CC(C)CNC(=NCC(=O)N(C)C)NCCc1ccco1.I. The van der Waals surface area contributed by atoms with E-state index >= 15 is 0 Å². The van der Waals surface area contributed by atoms with E-state index in [1.807, 2.05) is 12.1 Å². The van der Waals surface area contributed by atoms with Gasteiger partial charge in [-0.15, -0.1) is 24.0 Å². The summed E-state index contributed by atoms with van der Waals surface area (Å²) in [5.41, 5.74) is 0. The molecule has 1 amide bonds. The Morgan fingerprint density at radius 2 is 2.09 bits per heavy atom. The highest BCUT2D eigenvalue weighted by atomic mass is 127. The Morgan fingerprint density at radius 1 is 1.36 bits per heavy atom. The van der Waals surface area contributed by atoms with Gasteiger partial charge in [0.2, 0.25) is 5.91 Å². The van der Waals surface area contributed by atoms with Crippen LogP contribution in [0.3, 0.4) is 0 Å². The molecule has 1 aromatic heterocycles. The lowest BCUT2D eigenvalue weighted by molar-refractivity contribution is -0.127. The van der Waals surface area contributed by atoms with Crippen molar-refractivity contribution < 1.29 is 9.21 Å². The number of hydrogen-bond acceptors (Lipinski definition) is 3. The molecular weight excluding hydrogens is 395 g/mol. The molecule has 0 aliphatic heterocycles. The van der Waals surface area contributed by atoms with Gasteiger partial charge in [0, 0.05) is 33.6 Å². The van der Waals surface area contributed by atoms with Crippen LogP contribution < -0.4 is 10.6 Å². The molecule has 0 radical (unpaired) electrons. The minimum absolute atomic E-state index is 0.